The number of carbonyl (C=O) groups is 1. The van der Waals surface area contributed by atoms with Gasteiger partial charge in [0, 0.05) is 6.42 Å². The van der Waals surface area contributed by atoms with Gasteiger partial charge in [-0.2, -0.15) is 0 Å². The lowest BCUT2D eigenvalue weighted by atomic mass is 9.93. The molecule has 0 saturated carbocycles. The molecule has 0 N–H and O–H groups in total. The maximum Gasteiger partial charge on any atom is 0.306 e. The van der Waals surface area contributed by atoms with Crippen molar-refractivity contribution in [3.8, 4) is 0 Å². The van der Waals surface area contributed by atoms with E-state index in [4.69, 9.17) is 9.15 Å². The third-order valence-corrected chi connectivity index (χ3v) is 2.90. The molecule has 3 heteroatoms. The van der Waals surface area contributed by atoms with Crippen molar-refractivity contribution in [3.05, 3.63) is 24.2 Å². The van der Waals surface area contributed by atoms with Crippen molar-refractivity contribution in [2.75, 3.05) is 0 Å². The molecule has 90 valence electrons. The second-order valence-corrected chi connectivity index (χ2v) is 4.50. The zero-order valence-electron chi connectivity index (χ0n) is 10.2. The molecule has 16 heavy (non-hydrogen) atoms. The summed E-state index contributed by atoms with van der Waals surface area (Å²) < 4.78 is 10.2. The molecule has 0 saturated heterocycles. The van der Waals surface area contributed by atoms with Crippen LogP contribution in [0.3, 0.4) is 0 Å². The summed E-state index contributed by atoms with van der Waals surface area (Å²) in [4.78, 5) is 11.4. The number of furan rings is 1. The second-order valence-electron chi connectivity index (χ2n) is 4.50. The Morgan fingerprint density at radius 1 is 1.44 bits per heavy atom. The highest BCUT2D eigenvalue weighted by Crippen LogP contribution is 2.16. The maximum absolute atomic E-state index is 11.4. The van der Waals surface area contributed by atoms with Gasteiger partial charge in [-0.15, -0.1) is 0 Å². The van der Waals surface area contributed by atoms with E-state index in [1.807, 2.05) is 0 Å². The average molecular weight is 224 g/mol. The van der Waals surface area contributed by atoms with Gasteiger partial charge in [0.25, 0.3) is 0 Å². The van der Waals surface area contributed by atoms with Crippen molar-refractivity contribution in [2.24, 2.45) is 11.8 Å². The van der Waals surface area contributed by atoms with E-state index >= 15 is 0 Å². The molecule has 1 heterocycles. The van der Waals surface area contributed by atoms with Crippen molar-refractivity contribution >= 4 is 5.97 Å². The lowest BCUT2D eigenvalue weighted by Crippen LogP contribution is -2.09. The van der Waals surface area contributed by atoms with Gasteiger partial charge < -0.3 is 9.15 Å². The van der Waals surface area contributed by atoms with Crippen molar-refractivity contribution in [1.82, 2.24) is 0 Å². The van der Waals surface area contributed by atoms with Gasteiger partial charge in [0.2, 0.25) is 0 Å². The summed E-state index contributed by atoms with van der Waals surface area (Å²) in [6.45, 7) is 6.73. The summed E-state index contributed by atoms with van der Waals surface area (Å²) in [5.41, 5.74) is 0. The molecule has 0 spiro atoms. The number of hydrogen-bond donors (Lipinski definition) is 0. The fourth-order valence-electron chi connectivity index (χ4n) is 1.30. The number of ether oxygens (including phenoxy) is 1. The minimum atomic E-state index is -0.149. The number of esters is 1. The first-order valence-corrected chi connectivity index (χ1v) is 5.77. The summed E-state index contributed by atoms with van der Waals surface area (Å²) in [5.74, 6) is 1.70. The standard InChI is InChI=1S/C13H20O3/c1-10(2)11(3)6-7-13(14)16-9-12-5-4-8-15-12/h4-5,8,10-11H,6-7,9H2,1-3H3. The van der Waals surface area contributed by atoms with Gasteiger partial charge in [0.1, 0.15) is 12.4 Å². The summed E-state index contributed by atoms with van der Waals surface area (Å²) in [6.07, 6.45) is 2.94. The van der Waals surface area contributed by atoms with Crippen LogP contribution in [-0.4, -0.2) is 5.97 Å². The van der Waals surface area contributed by atoms with Gasteiger partial charge in [-0.05, 0) is 30.4 Å². The molecule has 1 rings (SSSR count). The molecule has 3 nitrogen and oxygen atoms in total. The predicted molar refractivity (Wildman–Crippen MR) is 61.7 cm³/mol. The number of hydrogen-bond acceptors (Lipinski definition) is 3. The molecule has 1 aromatic heterocycles. The molecule has 0 amide bonds. The Labute approximate surface area is 96.8 Å². The van der Waals surface area contributed by atoms with Crippen LogP contribution in [-0.2, 0) is 16.1 Å². The van der Waals surface area contributed by atoms with Crippen molar-refractivity contribution in [2.45, 2.75) is 40.2 Å². The first kappa shape index (κ1) is 12.8. The van der Waals surface area contributed by atoms with Crippen LogP contribution in [0.15, 0.2) is 22.8 Å². The molecule has 1 unspecified atom stereocenters. The van der Waals surface area contributed by atoms with Gasteiger partial charge in [-0.25, -0.2) is 0 Å². The Bertz CT molecular complexity index is 301. The van der Waals surface area contributed by atoms with Gasteiger partial charge in [-0.1, -0.05) is 20.8 Å². The van der Waals surface area contributed by atoms with E-state index in [-0.39, 0.29) is 12.6 Å². The molecule has 0 aliphatic carbocycles. The molecule has 1 atom stereocenters. The lowest BCUT2D eigenvalue weighted by Gasteiger charge is -2.14. The summed E-state index contributed by atoms with van der Waals surface area (Å²) in [7, 11) is 0. The van der Waals surface area contributed by atoms with Crippen molar-refractivity contribution in [3.63, 3.8) is 0 Å². The summed E-state index contributed by atoms with van der Waals surface area (Å²) in [5, 5.41) is 0. The Balaban J connectivity index is 2.16. The van der Waals surface area contributed by atoms with Crippen LogP contribution in [0.1, 0.15) is 39.4 Å². The van der Waals surface area contributed by atoms with Gasteiger partial charge in [0.15, 0.2) is 0 Å². The monoisotopic (exact) mass is 224 g/mol. The molecular formula is C13H20O3. The van der Waals surface area contributed by atoms with Gasteiger partial charge >= 0.3 is 5.97 Å². The fraction of sp³-hybridized carbons (Fsp3) is 0.615. The smallest absolute Gasteiger partial charge is 0.306 e. The molecule has 1 aromatic rings. The van der Waals surface area contributed by atoms with E-state index in [0.717, 1.165) is 6.42 Å². The Kier molecular flexibility index (Phi) is 5.09. The largest absolute Gasteiger partial charge is 0.466 e. The third-order valence-electron chi connectivity index (χ3n) is 2.90. The zero-order valence-corrected chi connectivity index (χ0v) is 10.2. The quantitative estimate of drug-likeness (QED) is 0.695. The van der Waals surface area contributed by atoms with E-state index in [0.29, 0.717) is 24.0 Å². The first-order valence-electron chi connectivity index (χ1n) is 5.77. The molecule has 0 radical (unpaired) electrons. The van der Waals surface area contributed by atoms with Crippen molar-refractivity contribution < 1.29 is 13.9 Å². The third kappa shape index (κ3) is 4.51. The highest BCUT2D eigenvalue weighted by Gasteiger charge is 2.11. The molecule has 0 aliphatic heterocycles. The molecule has 0 aliphatic rings. The van der Waals surface area contributed by atoms with E-state index in [9.17, 15) is 4.79 Å². The minimum Gasteiger partial charge on any atom is -0.466 e. The van der Waals surface area contributed by atoms with E-state index in [1.165, 1.54) is 0 Å². The average Bonchev–Trinajstić information content (AvgIpc) is 2.75. The first-order chi connectivity index (χ1) is 7.59. The van der Waals surface area contributed by atoms with E-state index in [1.54, 1.807) is 18.4 Å². The Hall–Kier alpha value is -1.25. The van der Waals surface area contributed by atoms with Crippen LogP contribution in [0.2, 0.25) is 0 Å². The summed E-state index contributed by atoms with van der Waals surface area (Å²) in [6, 6.07) is 3.58. The topological polar surface area (TPSA) is 39.4 Å². The number of rotatable bonds is 6. The number of carbonyl (C=O) groups excluding carboxylic acids is 1. The SMILES string of the molecule is CC(C)C(C)CCC(=O)OCc1ccco1. The van der Waals surface area contributed by atoms with Crippen molar-refractivity contribution in [1.29, 1.82) is 0 Å². The lowest BCUT2D eigenvalue weighted by molar-refractivity contribution is -0.145. The normalized spacial score (nSPS) is 12.8. The fourth-order valence-corrected chi connectivity index (χ4v) is 1.30. The zero-order chi connectivity index (χ0) is 12.0. The second kappa shape index (κ2) is 6.36. The minimum absolute atomic E-state index is 0.149. The van der Waals surface area contributed by atoms with Gasteiger partial charge in [-0.3, -0.25) is 4.79 Å². The van der Waals surface area contributed by atoms with Crippen LogP contribution < -0.4 is 0 Å². The molecule has 0 bridgehead atoms. The van der Waals surface area contributed by atoms with Crippen LogP contribution in [0.4, 0.5) is 0 Å². The van der Waals surface area contributed by atoms with Crippen LogP contribution in [0.5, 0.6) is 0 Å². The Morgan fingerprint density at radius 3 is 2.75 bits per heavy atom. The van der Waals surface area contributed by atoms with E-state index < -0.39 is 0 Å². The highest BCUT2D eigenvalue weighted by atomic mass is 16.5. The molecular weight excluding hydrogens is 204 g/mol. The summed E-state index contributed by atoms with van der Waals surface area (Å²) >= 11 is 0. The van der Waals surface area contributed by atoms with Crippen LogP contribution in [0, 0.1) is 11.8 Å². The Morgan fingerprint density at radius 2 is 2.19 bits per heavy atom. The van der Waals surface area contributed by atoms with Gasteiger partial charge in [0.05, 0.1) is 6.26 Å². The van der Waals surface area contributed by atoms with Crippen LogP contribution in [0.25, 0.3) is 0 Å². The maximum atomic E-state index is 11.4. The predicted octanol–water partition coefficient (Wildman–Crippen LogP) is 3.40. The molecule has 0 aromatic carbocycles. The van der Waals surface area contributed by atoms with E-state index in [2.05, 4.69) is 20.8 Å². The van der Waals surface area contributed by atoms with Crippen LogP contribution >= 0.6 is 0 Å². The molecule has 0 fully saturated rings. The highest BCUT2D eigenvalue weighted by molar-refractivity contribution is 5.69.